The molecule has 0 unspecified atom stereocenters. The van der Waals surface area contributed by atoms with Crippen molar-refractivity contribution in [3.05, 3.63) is 41.7 Å². The number of rotatable bonds is 2. The summed E-state index contributed by atoms with van der Waals surface area (Å²) in [6.45, 7) is 1.35. The van der Waals surface area contributed by atoms with E-state index in [1.807, 2.05) is 0 Å². The molecule has 22 heavy (non-hydrogen) atoms. The number of methoxy groups -OCH3 is 1. The minimum atomic E-state index is -4.52. The van der Waals surface area contributed by atoms with Crippen LogP contribution in [0.1, 0.15) is 11.3 Å². The van der Waals surface area contributed by atoms with E-state index in [-0.39, 0.29) is 11.3 Å². The van der Waals surface area contributed by atoms with Crippen LogP contribution in [0.25, 0.3) is 17.2 Å². The third-order valence-electron chi connectivity index (χ3n) is 3.20. The first-order chi connectivity index (χ1) is 10.4. The summed E-state index contributed by atoms with van der Waals surface area (Å²) in [6.07, 6.45) is -3.18. The summed E-state index contributed by atoms with van der Waals surface area (Å²) >= 11 is 0. The van der Waals surface area contributed by atoms with E-state index >= 15 is 0 Å². The lowest BCUT2D eigenvalue weighted by molar-refractivity contribution is -0.141. The second-order valence-electron chi connectivity index (χ2n) is 4.69. The van der Waals surface area contributed by atoms with E-state index in [0.29, 0.717) is 17.1 Å². The SMILES string of the molecule is COc1ccc(-c2nnc3nc(C(F)(F)F)c(C)cn23)cc1. The van der Waals surface area contributed by atoms with Crippen molar-refractivity contribution in [3.8, 4) is 17.1 Å². The number of hydrogen-bond acceptors (Lipinski definition) is 4. The number of nitrogens with zero attached hydrogens (tertiary/aromatic N) is 4. The smallest absolute Gasteiger partial charge is 0.433 e. The summed E-state index contributed by atoms with van der Waals surface area (Å²) < 4.78 is 45.1. The Morgan fingerprint density at radius 2 is 1.77 bits per heavy atom. The highest BCUT2D eigenvalue weighted by molar-refractivity contribution is 5.59. The van der Waals surface area contributed by atoms with E-state index < -0.39 is 11.9 Å². The molecule has 2 aromatic heterocycles. The first-order valence-electron chi connectivity index (χ1n) is 6.34. The molecule has 0 N–H and O–H groups in total. The van der Waals surface area contributed by atoms with Crippen molar-refractivity contribution in [1.29, 1.82) is 0 Å². The Hall–Kier alpha value is -2.64. The topological polar surface area (TPSA) is 52.3 Å². The van der Waals surface area contributed by atoms with Gasteiger partial charge in [-0.15, -0.1) is 10.2 Å². The third kappa shape index (κ3) is 2.36. The second-order valence-corrected chi connectivity index (χ2v) is 4.69. The quantitative estimate of drug-likeness (QED) is 0.730. The molecule has 0 saturated heterocycles. The van der Waals surface area contributed by atoms with E-state index in [2.05, 4.69) is 15.2 Å². The van der Waals surface area contributed by atoms with Crippen LogP contribution in [0.15, 0.2) is 30.5 Å². The van der Waals surface area contributed by atoms with Crippen molar-refractivity contribution >= 4 is 5.78 Å². The zero-order chi connectivity index (χ0) is 15.9. The molecule has 1 aromatic carbocycles. The van der Waals surface area contributed by atoms with Crippen LogP contribution in [0.2, 0.25) is 0 Å². The molecule has 3 aromatic rings. The first-order valence-corrected chi connectivity index (χ1v) is 6.34. The number of aryl methyl sites for hydroxylation is 1. The number of alkyl halides is 3. The predicted molar refractivity (Wildman–Crippen MR) is 72.5 cm³/mol. The molecule has 114 valence electrons. The van der Waals surface area contributed by atoms with Gasteiger partial charge in [-0.3, -0.25) is 4.40 Å². The minimum absolute atomic E-state index is 0.00885. The van der Waals surface area contributed by atoms with Crippen molar-refractivity contribution in [2.24, 2.45) is 0 Å². The highest BCUT2D eigenvalue weighted by atomic mass is 19.4. The maximum Gasteiger partial charge on any atom is 0.433 e. The summed E-state index contributed by atoms with van der Waals surface area (Å²) in [5, 5.41) is 7.65. The lowest BCUT2D eigenvalue weighted by Gasteiger charge is -2.09. The largest absolute Gasteiger partial charge is 0.497 e. The van der Waals surface area contributed by atoms with Gasteiger partial charge in [-0.2, -0.15) is 13.2 Å². The average molecular weight is 308 g/mol. The third-order valence-corrected chi connectivity index (χ3v) is 3.20. The van der Waals surface area contributed by atoms with Gasteiger partial charge in [0, 0.05) is 11.8 Å². The number of halogens is 3. The van der Waals surface area contributed by atoms with Crippen LogP contribution in [-0.4, -0.2) is 26.7 Å². The minimum Gasteiger partial charge on any atom is -0.497 e. The van der Waals surface area contributed by atoms with Crippen LogP contribution in [-0.2, 0) is 6.18 Å². The Kier molecular flexibility index (Phi) is 3.23. The van der Waals surface area contributed by atoms with Crippen LogP contribution in [0.3, 0.4) is 0 Å². The van der Waals surface area contributed by atoms with Crippen LogP contribution in [0.4, 0.5) is 13.2 Å². The molecular formula is C14H11F3N4O. The molecule has 0 atom stereocenters. The molecule has 0 spiro atoms. The number of ether oxygens (including phenoxy) is 1. The van der Waals surface area contributed by atoms with Crippen LogP contribution in [0, 0.1) is 6.92 Å². The first kappa shape index (κ1) is 14.3. The molecule has 0 saturated carbocycles. The van der Waals surface area contributed by atoms with E-state index in [1.165, 1.54) is 17.5 Å². The van der Waals surface area contributed by atoms with E-state index in [0.717, 1.165) is 0 Å². The summed E-state index contributed by atoms with van der Waals surface area (Å²) in [6, 6.07) is 6.98. The van der Waals surface area contributed by atoms with Gasteiger partial charge in [0.25, 0.3) is 5.78 Å². The van der Waals surface area contributed by atoms with Crippen molar-refractivity contribution < 1.29 is 17.9 Å². The normalized spacial score (nSPS) is 11.9. The number of aromatic nitrogens is 4. The lowest BCUT2D eigenvalue weighted by atomic mass is 10.2. The highest BCUT2D eigenvalue weighted by Gasteiger charge is 2.35. The van der Waals surface area contributed by atoms with Crippen LogP contribution in [0.5, 0.6) is 5.75 Å². The predicted octanol–water partition coefficient (Wildman–Crippen LogP) is 3.13. The van der Waals surface area contributed by atoms with Crippen molar-refractivity contribution in [1.82, 2.24) is 19.6 Å². The van der Waals surface area contributed by atoms with Gasteiger partial charge < -0.3 is 4.74 Å². The molecule has 5 nitrogen and oxygen atoms in total. The van der Waals surface area contributed by atoms with Crippen molar-refractivity contribution in [3.63, 3.8) is 0 Å². The Balaban J connectivity index is 2.14. The maximum absolute atomic E-state index is 12.9. The van der Waals surface area contributed by atoms with Gasteiger partial charge in [-0.1, -0.05) is 0 Å². The summed E-state index contributed by atoms with van der Waals surface area (Å²) in [7, 11) is 1.55. The Morgan fingerprint density at radius 1 is 1.09 bits per heavy atom. The Morgan fingerprint density at radius 3 is 2.36 bits per heavy atom. The molecule has 0 bridgehead atoms. The fraction of sp³-hybridized carbons (Fsp3) is 0.214. The van der Waals surface area contributed by atoms with Gasteiger partial charge in [0.05, 0.1) is 7.11 Å². The maximum atomic E-state index is 12.9. The molecule has 0 aliphatic carbocycles. The number of fused-ring (bicyclic) bond motifs is 1. The van der Waals surface area contributed by atoms with Gasteiger partial charge in [-0.05, 0) is 36.8 Å². The highest BCUT2D eigenvalue weighted by Crippen LogP contribution is 2.31. The fourth-order valence-electron chi connectivity index (χ4n) is 2.15. The van der Waals surface area contributed by atoms with Crippen LogP contribution < -0.4 is 4.74 Å². The number of benzene rings is 1. The molecular weight excluding hydrogens is 297 g/mol. The second kappa shape index (κ2) is 4.97. The van der Waals surface area contributed by atoms with E-state index in [4.69, 9.17) is 4.74 Å². The summed E-state index contributed by atoms with van der Waals surface area (Å²) in [4.78, 5) is 3.57. The molecule has 0 fully saturated rings. The van der Waals surface area contributed by atoms with Gasteiger partial charge in [0.1, 0.15) is 5.75 Å². The molecule has 0 aliphatic rings. The van der Waals surface area contributed by atoms with Crippen molar-refractivity contribution in [2.45, 2.75) is 13.1 Å². The monoisotopic (exact) mass is 308 g/mol. The molecule has 2 heterocycles. The standard InChI is InChI=1S/C14H11F3N4O/c1-8-7-21-12(9-3-5-10(22-2)6-4-9)19-20-13(21)18-11(8)14(15,16)17/h3-7H,1-2H3. The van der Waals surface area contributed by atoms with Gasteiger partial charge in [0.15, 0.2) is 11.5 Å². The van der Waals surface area contributed by atoms with E-state index in [9.17, 15) is 13.2 Å². The summed E-state index contributed by atoms with van der Waals surface area (Å²) in [5.74, 6) is 0.997. The molecule has 8 heteroatoms. The van der Waals surface area contributed by atoms with Crippen molar-refractivity contribution in [2.75, 3.05) is 7.11 Å². The molecule has 0 aliphatic heterocycles. The molecule has 0 amide bonds. The zero-order valence-electron chi connectivity index (χ0n) is 11.7. The molecule has 3 rings (SSSR count). The molecule has 0 radical (unpaired) electrons. The average Bonchev–Trinajstić information content (AvgIpc) is 2.88. The fourth-order valence-corrected chi connectivity index (χ4v) is 2.15. The Bertz CT molecular complexity index is 824. The van der Waals surface area contributed by atoms with Crippen LogP contribution >= 0.6 is 0 Å². The van der Waals surface area contributed by atoms with Gasteiger partial charge in [-0.25, -0.2) is 4.98 Å². The lowest BCUT2D eigenvalue weighted by Crippen LogP contribution is -2.12. The zero-order valence-corrected chi connectivity index (χ0v) is 11.7. The summed E-state index contributed by atoms with van der Waals surface area (Å²) in [5.41, 5.74) is -0.238. The van der Waals surface area contributed by atoms with Gasteiger partial charge >= 0.3 is 6.18 Å². The van der Waals surface area contributed by atoms with E-state index in [1.54, 1.807) is 31.4 Å². The Labute approximate surface area is 123 Å². The van der Waals surface area contributed by atoms with Gasteiger partial charge in [0.2, 0.25) is 0 Å². The number of hydrogen-bond donors (Lipinski definition) is 0.